The van der Waals surface area contributed by atoms with Crippen LogP contribution < -0.4 is 14.8 Å². The highest BCUT2D eigenvalue weighted by Gasteiger charge is 2.16. The highest BCUT2D eigenvalue weighted by Crippen LogP contribution is 2.32. The van der Waals surface area contributed by atoms with Crippen molar-refractivity contribution < 1.29 is 9.47 Å². The summed E-state index contributed by atoms with van der Waals surface area (Å²) in [6, 6.07) is 18.2. The average Bonchev–Trinajstić information content (AvgIpc) is 3.29. The Morgan fingerprint density at radius 2 is 1.71 bits per heavy atom. The first-order valence-electron chi connectivity index (χ1n) is 11.5. The summed E-state index contributed by atoms with van der Waals surface area (Å²) >= 11 is 0. The molecule has 4 aromatic rings. The largest absolute Gasteiger partial charge is 0.496 e. The van der Waals surface area contributed by atoms with Crippen molar-refractivity contribution in [3.63, 3.8) is 0 Å². The average molecular weight is 459 g/mol. The summed E-state index contributed by atoms with van der Waals surface area (Å²) < 4.78 is 13.1. The van der Waals surface area contributed by atoms with Gasteiger partial charge in [-0.2, -0.15) is 0 Å². The molecule has 5 rings (SSSR count). The summed E-state index contributed by atoms with van der Waals surface area (Å²) in [6.07, 6.45) is 1.81. The minimum Gasteiger partial charge on any atom is -0.496 e. The second kappa shape index (κ2) is 9.70. The lowest BCUT2D eigenvalue weighted by molar-refractivity contribution is 0.148. The first kappa shape index (κ1) is 22.2. The highest BCUT2D eigenvalue weighted by molar-refractivity contribution is 5.72. The highest BCUT2D eigenvalue weighted by atomic mass is 16.5. The lowest BCUT2D eigenvalue weighted by atomic mass is 10.1. The number of anilines is 2. The summed E-state index contributed by atoms with van der Waals surface area (Å²) in [5, 5.41) is 8.08. The van der Waals surface area contributed by atoms with E-state index in [9.17, 15) is 0 Å². The van der Waals surface area contributed by atoms with Crippen LogP contribution >= 0.6 is 0 Å². The van der Waals surface area contributed by atoms with Gasteiger partial charge >= 0.3 is 0 Å². The van der Waals surface area contributed by atoms with Crippen LogP contribution in [0.15, 0.2) is 60.8 Å². The minimum atomic E-state index is 0.491. The number of ether oxygens (including phenoxy) is 2. The molecule has 0 bridgehead atoms. The van der Waals surface area contributed by atoms with Crippen molar-refractivity contribution in [2.45, 2.75) is 6.54 Å². The lowest BCUT2D eigenvalue weighted by Crippen LogP contribution is -2.43. The summed E-state index contributed by atoms with van der Waals surface area (Å²) in [5.74, 6) is 2.06. The third-order valence-electron chi connectivity index (χ3n) is 6.30. The van der Waals surface area contributed by atoms with Crippen LogP contribution in [-0.4, -0.2) is 71.8 Å². The predicted molar refractivity (Wildman–Crippen MR) is 134 cm³/mol. The molecule has 1 fully saturated rings. The molecule has 0 unspecified atom stereocenters. The maximum Gasteiger partial charge on any atom is 0.245 e. The molecule has 1 saturated heterocycles. The van der Waals surface area contributed by atoms with Gasteiger partial charge in [0.05, 0.1) is 37.3 Å². The van der Waals surface area contributed by atoms with Crippen LogP contribution in [0.5, 0.6) is 11.5 Å². The van der Waals surface area contributed by atoms with E-state index in [0.717, 1.165) is 66.7 Å². The van der Waals surface area contributed by atoms with Gasteiger partial charge in [0.1, 0.15) is 11.5 Å². The van der Waals surface area contributed by atoms with Crippen molar-refractivity contribution >= 4 is 17.2 Å². The number of fused-ring (bicyclic) bond motifs is 1. The summed E-state index contributed by atoms with van der Waals surface area (Å²) in [4.78, 5) is 9.35. The normalized spacial score (nSPS) is 14.9. The number of nitrogens with zero attached hydrogens (tertiary/aromatic N) is 5. The van der Waals surface area contributed by atoms with Crippen LogP contribution in [0, 0.1) is 0 Å². The topological polar surface area (TPSA) is 67.2 Å². The number of aromatic nitrogens is 3. The van der Waals surface area contributed by atoms with Gasteiger partial charge in [0.2, 0.25) is 5.95 Å². The summed E-state index contributed by atoms with van der Waals surface area (Å²) in [5.41, 5.74) is 4.87. The van der Waals surface area contributed by atoms with E-state index in [1.165, 1.54) is 5.56 Å². The maximum atomic E-state index is 5.69. The Hall–Kier alpha value is -3.62. The first-order valence-corrected chi connectivity index (χ1v) is 11.5. The molecule has 8 nitrogen and oxygen atoms in total. The van der Waals surface area contributed by atoms with Crippen molar-refractivity contribution in [2.75, 3.05) is 52.8 Å². The van der Waals surface area contributed by atoms with Crippen LogP contribution in [0.3, 0.4) is 0 Å². The van der Waals surface area contributed by atoms with E-state index in [4.69, 9.17) is 14.6 Å². The molecular weight excluding hydrogens is 428 g/mol. The molecular formula is C26H30N6O2. The molecule has 1 N–H and O–H groups in total. The van der Waals surface area contributed by atoms with Gasteiger partial charge in [0.25, 0.3) is 0 Å². The monoisotopic (exact) mass is 458 g/mol. The number of nitrogens with one attached hydrogen (secondary N) is 1. The maximum absolute atomic E-state index is 5.69. The van der Waals surface area contributed by atoms with E-state index in [1.54, 1.807) is 14.2 Å². The molecule has 2 aromatic carbocycles. The van der Waals surface area contributed by atoms with E-state index in [1.807, 2.05) is 53.2 Å². The van der Waals surface area contributed by atoms with Crippen molar-refractivity contribution in [2.24, 2.45) is 0 Å². The minimum absolute atomic E-state index is 0.491. The second-order valence-corrected chi connectivity index (χ2v) is 8.58. The molecule has 3 heterocycles. The van der Waals surface area contributed by atoms with Crippen LogP contribution in [-0.2, 0) is 6.54 Å². The van der Waals surface area contributed by atoms with Gasteiger partial charge < -0.3 is 19.7 Å². The fraction of sp³-hybridized carbons (Fsp3) is 0.308. The van der Waals surface area contributed by atoms with Gasteiger partial charge in [-0.15, -0.1) is 5.10 Å². The van der Waals surface area contributed by atoms with E-state index in [-0.39, 0.29) is 0 Å². The van der Waals surface area contributed by atoms with E-state index < -0.39 is 0 Å². The fourth-order valence-electron chi connectivity index (χ4n) is 4.34. The van der Waals surface area contributed by atoms with Gasteiger partial charge in [0, 0.05) is 38.3 Å². The zero-order valence-electron chi connectivity index (χ0n) is 19.9. The number of rotatable bonds is 7. The number of hydrogen-bond acceptors (Lipinski definition) is 7. The van der Waals surface area contributed by atoms with Gasteiger partial charge in [0.15, 0.2) is 0 Å². The van der Waals surface area contributed by atoms with Gasteiger partial charge in [-0.05, 0) is 49.0 Å². The number of piperazine rings is 1. The molecule has 34 heavy (non-hydrogen) atoms. The predicted octanol–water partition coefficient (Wildman–Crippen LogP) is 3.90. The number of hydrogen-bond donors (Lipinski definition) is 1. The third kappa shape index (κ3) is 4.55. The fourth-order valence-corrected chi connectivity index (χ4v) is 4.34. The van der Waals surface area contributed by atoms with E-state index >= 15 is 0 Å². The molecule has 0 saturated carbocycles. The Morgan fingerprint density at radius 3 is 2.50 bits per heavy atom. The molecule has 0 aliphatic carbocycles. The number of methoxy groups -OCH3 is 2. The molecule has 0 amide bonds. The SMILES string of the molecule is COc1cc(CN2CCN(C)CC2)ccc1Nc1ncc2ccc(-c3ccccc3OC)n2n1. The third-order valence-corrected chi connectivity index (χ3v) is 6.30. The Labute approximate surface area is 199 Å². The zero-order chi connectivity index (χ0) is 23.5. The molecule has 1 aliphatic heterocycles. The lowest BCUT2D eigenvalue weighted by Gasteiger charge is -2.32. The van der Waals surface area contributed by atoms with Crippen molar-refractivity contribution in [1.82, 2.24) is 24.4 Å². The molecule has 0 atom stereocenters. The molecule has 0 radical (unpaired) electrons. The van der Waals surface area contributed by atoms with Crippen molar-refractivity contribution in [3.8, 4) is 22.8 Å². The molecule has 2 aromatic heterocycles. The number of likely N-dealkylation sites (N-methyl/N-ethyl adjacent to an activating group) is 1. The molecule has 1 aliphatic rings. The van der Waals surface area contributed by atoms with Crippen LogP contribution in [0.2, 0.25) is 0 Å². The summed E-state index contributed by atoms with van der Waals surface area (Å²) in [7, 11) is 5.54. The quantitative estimate of drug-likeness (QED) is 0.450. The number of para-hydroxylation sites is 1. The Bertz CT molecular complexity index is 1280. The van der Waals surface area contributed by atoms with Gasteiger partial charge in [-0.1, -0.05) is 18.2 Å². The Kier molecular flexibility index (Phi) is 6.33. The summed E-state index contributed by atoms with van der Waals surface area (Å²) in [6.45, 7) is 5.29. The van der Waals surface area contributed by atoms with Gasteiger partial charge in [-0.3, -0.25) is 4.90 Å². The van der Waals surface area contributed by atoms with Crippen LogP contribution in [0.4, 0.5) is 11.6 Å². The smallest absolute Gasteiger partial charge is 0.245 e. The van der Waals surface area contributed by atoms with E-state index in [0.29, 0.717) is 5.95 Å². The second-order valence-electron chi connectivity index (χ2n) is 8.58. The van der Waals surface area contributed by atoms with Crippen molar-refractivity contribution in [1.29, 1.82) is 0 Å². The Morgan fingerprint density at radius 1 is 0.912 bits per heavy atom. The standard InChI is InChI=1S/C26H30N6O2/c1-30-12-14-31(15-13-30)18-19-8-10-22(25(16-19)34-3)28-26-27-17-20-9-11-23(32(20)29-26)21-6-4-5-7-24(21)33-2/h4-11,16-17H,12-15,18H2,1-3H3,(H,28,29). The molecule has 8 heteroatoms. The van der Waals surface area contributed by atoms with Crippen LogP contribution in [0.1, 0.15) is 5.56 Å². The molecule has 176 valence electrons. The van der Waals surface area contributed by atoms with Crippen molar-refractivity contribution in [3.05, 3.63) is 66.4 Å². The Balaban J connectivity index is 1.39. The zero-order valence-corrected chi connectivity index (χ0v) is 19.9. The van der Waals surface area contributed by atoms with Gasteiger partial charge in [-0.25, -0.2) is 9.50 Å². The van der Waals surface area contributed by atoms with E-state index in [2.05, 4.69) is 39.3 Å². The molecule has 0 spiro atoms. The van der Waals surface area contributed by atoms with Crippen LogP contribution in [0.25, 0.3) is 16.8 Å². The first-order chi connectivity index (χ1) is 16.6. The number of benzene rings is 2.